The second-order valence-corrected chi connectivity index (χ2v) is 5.66. The number of isocyanates is 1. The summed E-state index contributed by atoms with van der Waals surface area (Å²) in [6.45, 7) is 0.547. The molecule has 0 aliphatic heterocycles. The van der Waals surface area contributed by atoms with Crippen LogP contribution in [0.5, 0.6) is 0 Å². The van der Waals surface area contributed by atoms with Gasteiger partial charge in [-0.3, -0.25) is 0 Å². The van der Waals surface area contributed by atoms with E-state index in [0.717, 1.165) is 12.8 Å². The van der Waals surface area contributed by atoms with Crippen LogP contribution in [-0.2, 0) is 11.2 Å². The van der Waals surface area contributed by atoms with Gasteiger partial charge in [-0.2, -0.15) is 0 Å². The van der Waals surface area contributed by atoms with Crippen molar-refractivity contribution in [1.29, 1.82) is 0 Å². The molecule has 0 fully saturated rings. The quantitative estimate of drug-likeness (QED) is 0.228. The summed E-state index contributed by atoms with van der Waals surface area (Å²) in [6, 6.07) is 19.7. The molecule has 0 atom stereocenters. The topological polar surface area (TPSA) is 29.4 Å². The van der Waals surface area contributed by atoms with Gasteiger partial charge in [0.1, 0.15) is 0 Å². The number of rotatable bonds is 4. The van der Waals surface area contributed by atoms with Crippen LogP contribution in [0.15, 0.2) is 59.6 Å². The number of nitrogens with zero attached hydrogens (tertiary/aromatic N) is 1. The lowest BCUT2D eigenvalue weighted by molar-refractivity contribution is 0.562. The fraction of sp³-hybridized carbons (Fsp3) is 0.150. The van der Waals surface area contributed by atoms with E-state index in [1.807, 2.05) is 0 Å². The fourth-order valence-electron chi connectivity index (χ4n) is 3.41. The lowest BCUT2D eigenvalue weighted by Crippen LogP contribution is -1.92. The maximum atomic E-state index is 10.2. The molecule has 0 aromatic heterocycles. The number of aryl methyl sites for hydroxylation is 1. The molecule has 0 aliphatic carbocycles. The van der Waals surface area contributed by atoms with E-state index in [2.05, 4.69) is 59.6 Å². The summed E-state index contributed by atoms with van der Waals surface area (Å²) in [5.74, 6) is 0. The molecular weight excluding hydrogens is 270 g/mol. The van der Waals surface area contributed by atoms with E-state index in [9.17, 15) is 4.79 Å². The highest BCUT2D eigenvalue weighted by Gasteiger charge is 2.10. The summed E-state index contributed by atoms with van der Waals surface area (Å²) in [7, 11) is 0. The molecule has 106 valence electrons. The smallest absolute Gasteiger partial charge is 0.211 e. The van der Waals surface area contributed by atoms with Crippen LogP contribution in [0.1, 0.15) is 12.0 Å². The predicted octanol–water partition coefficient (Wildman–Crippen LogP) is 4.85. The average Bonchev–Trinajstić information content (AvgIpc) is 2.57. The normalized spacial score (nSPS) is 11.3. The molecule has 4 aromatic carbocycles. The van der Waals surface area contributed by atoms with E-state index in [4.69, 9.17) is 0 Å². The Morgan fingerprint density at radius 1 is 0.818 bits per heavy atom. The van der Waals surface area contributed by atoms with Crippen molar-refractivity contribution in [2.75, 3.05) is 6.54 Å². The molecule has 0 heterocycles. The van der Waals surface area contributed by atoms with Gasteiger partial charge in [0.2, 0.25) is 6.08 Å². The Labute approximate surface area is 128 Å². The van der Waals surface area contributed by atoms with Crippen molar-refractivity contribution in [3.63, 3.8) is 0 Å². The third-order valence-electron chi connectivity index (χ3n) is 4.40. The second kappa shape index (κ2) is 5.25. The molecule has 0 bridgehead atoms. The molecular formula is C20H15NO. The van der Waals surface area contributed by atoms with Crippen LogP contribution in [0.2, 0.25) is 0 Å². The van der Waals surface area contributed by atoms with Gasteiger partial charge in [0, 0.05) is 0 Å². The third-order valence-corrected chi connectivity index (χ3v) is 4.40. The molecule has 0 spiro atoms. The van der Waals surface area contributed by atoms with Crippen LogP contribution in [-0.4, -0.2) is 12.6 Å². The van der Waals surface area contributed by atoms with E-state index >= 15 is 0 Å². The molecule has 4 aromatic rings. The minimum absolute atomic E-state index is 0.547. The first-order valence-corrected chi connectivity index (χ1v) is 7.57. The van der Waals surface area contributed by atoms with E-state index in [1.165, 1.54) is 37.9 Å². The van der Waals surface area contributed by atoms with Gasteiger partial charge >= 0.3 is 0 Å². The molecule has 0 aliphatic rings. The molecule has 0 saturated carbocycles. The van der Waals surface area contributed by atoms with Gasteiger partial charge in [0.15, 0.2) is 0 Å². The second-order valence-electron chi connectivity index (χ2n) is 5.66. The molecule has 2 heteroatoms. The number of aliphatic imine (C=N–C) groups is 1. The van der Waals surface area contributed by atoms with Crippen LogP contribution in [0, 0.1) is 0 Å². The van der Waals surface area contributed by atoms with Crippen molar-refractivity contribution in [1.82, 2.24) is 0 Å². The Hall–Kier alpha value is -2.70. The van der Waals surface area contributed by atoms with Crippen LogP contribution >= 0.6 is 0 Å². The SMILES string of the molecule is O=C=NCCCc1ccc2ccc3cccc4ccc1c2c34. The van der Waals surface area contributed by atoms with E-state index in [-0.39, 0.29) is 0 Å². The highest BCUT2D eigenvalue weighted by atomic mass is 16.1. The van der Waals surface area contributed by atoms with Crippen LogP contribution in [0.4, 0.5) is 0 Å². The zero-order valence-corrected chi connectivity index (χ0v) is 12.2. The molecule has 22 heavy (non-hydrogen) atoms. The molecule has 0 radical (unpaired) electrons. The summed E-state index contributed by atoms with van der Waals surface area (Å²) in [4.78, 5) is 13.8. The van der Waals surface area contributed by atoms with Crippen LogP contribution in [0.3, 0.4) is 0 Å². The van der Waals surface area contributed by atoms with Crippen molar-refractivity contribution >= 4 is 38.4 Å². The molecule has 4 rings (SSSR count). The highest BCUT2D eigenvalue weighted by Crippen LogP contribution is 2.36. The minimum Gasteiger partial charge on any atom is -0.211 e. The molecule has 0 saturated heterocycles. The number of hydrogen-bond donors (Lipinski definition) is 0. The van der Waals surface area contributed by atoms with E-state index in [1.54, 1.807) is 6.08 Å². The highest BCUT2D eigenvalue weighted by molar-refractivity contribution is 6.23. The van der Waals surface area contributed by atoms with E-state index in [0.29, 0.717) is 6.54 Å². The first kappa shape index (κ1) is 13.0. The number of benzene rings is 4. The van der Waals surface area contributed by atoms with Gasteiger partial charge in [0.25, 0.3) is 0 Å². The van der Waals surface area contributed by atoms with Crippen molar-refractivity contribution in [3.05, 3.63) is 60.2 Å². The molecule has 0 unspecified atom stereocenters. The van der Waals surface area contributed by atoms with Crippen LogP contribution in [0.25, 0.3) is 32.3 Å². The summed E-state index contributed by atoms with van der Waals surface area (Å²) in [5, 5.41) is 7.89. The van der Waals surface area contributed by atoms with Gasteiger partial charge in [-0.1, -0.05) is 54.6 Å². The van der Waals surface area contributed by atoms with Gasteiger partial charge in [0.05, 0.1) is 6.54 Å². The maximum absolute atomic E-state index is 10.2. The lowest BCUT2D eigenvalue weighted by Gasteiger charge is -2.13. The van der Waals surface area contributed by atoms with Crippen molar-refractivity contribution in [2.45, 2.75) is 12.8 Å². The standard InChI is InChI=1S/C20H15NO/c22-13-21-12-2-5-14-6-7-17-9-8-15-3-1-4-16-10-11-18(14)20(17)19(15)16/h1,3-4,6-11H,2,5,12H2. The molecule has 2 nitrogen and oxygen atoms in total. The van der Waals surface area contributed by atoms with Crippen molar-refractivity contribution in [3.8, 4) is 0 Å². The zero-order chi connectivity index (χ0) is 14.9. The Morgan fingerprint density at radius 2 is 1.50 bits per heavy atom. The largest absolute Gasteiger partial charge is 0.234 e. The summed E-state index contributed by atoms with van der Waals surface area (Å²) >= 11 is 0. The third kappa shape index (κ3) is 1.97. The van der Waals surface area contributed by atoms with Crippen LogP contribution < -0.4 is 0 Å². The number of carbonyl (C=O) groups excluding carboxylic acids is 1. The van der Waals surface area contributed by atoms with Gasteiger partial charge in [-0.25, -0.2) is 9.79 Å². The summed E-state index contributed by atoms with van der Waals surface area (Å²) in [6.07, 6.45) is 3.41. The Bertz CT molecular complexity index is 996. The monoisotopic (exact) mass is 285 g/mol. The summed E-state index contributed by atoms with van der Waals surface area (Å²) in [5.41, 5.74) is 1.33. The minimum atomic E-state index is 0.547. The number of hydrogen-bond acceptors (Lipinski definition) is 2. The van der Waals surface area contributed by atoms with Crippen molar-refractivity contribution < 1.29 is 4.79 Å². The Balaban J connectivity index is 1.94. The molecule has 0 N–H and O–H groups in total. The predicted molar refractivity (Wildman–Crippen MR) is 91.5 cm³/mol. The van der Waals surface area contributed by atoms with Gasteiger partial charge in [-0.05, 0) is 50.7 Å². The van der Waals surface area contributed by atoms with E-state index < -0.39 is 0 Å². The average molecular weight is 285 g/mol. The lowest BCUT2D eigenvalue weighted by atomic mass is 9.91. The van der Waals surface area contributed by atoms with Gasteiger partial charge < -0.3 is 0 Å². The summed E-state index contributed by atoms with van der Waals surface area (Å²) < 4.78 is 0. The first-order chi connectivity index (χ1) is 10.9. The Morgan fingerprint density at radius 3 is 2.27 bits per heavy atom. The Kier molecular flexibility index (Phi) is 3.10. The van der Waals surface area contributed by atoms with Crippen molar-refractivity contribution in [2.24, 2.45) is 4.99 Å². The zero-order valence-electron chi connectivity index (χ0n) is 12.2. The van der Waals surface area contributed by atoms with Gasteiger partial charge in [-0.15, -0.1) is 0 Å². The fourth-order valence-corrected chi connectivity index (χ4v) is 3.41. The first-order valence-electron chi connectivity index (χ1n) is 7.57. The molecule has 0 amide bonds. The maximum Gasteiger partial charge on any atom is 0.234 e.